The molecule has 0 unspecified atom stereocenters. The van der Waals surface area contributed by atoms with Crippen LogP contribution in [0.15, 0.2) is 81.8 Å². The lowest BCUT2D eigenvalue weighted by molar-refractivity contribution is 0.475. The summed E-state index contributed by atoms with van der Waals surface area (Å²) in [7, 11) is 0. The van der Waals surface area contributed by atoms with Crippen LogP contribution in [0.4, 0.5) is 0 Å². The summed E-state index contributed by atoms with van der Waals surface area (Å²) in [5.74, 6) is 0.238. The number of thiophene rings is 1. The van der Waals surface area contributed by atoms with Crippen LogP contribution in [0.1, 0.15) is 11.1 Å². The minimum atomic E-state index is 0.238. The second kappa shape index (κ2) is 8.11. The van der Waals surface area contributed by atoms with Crippen LogP contribution in [0.3, 0.4) is 0 Å². The lowest BCUT2D eigenvalue weighted by atomic mass is 10.2. The number of phenols is 1. The highest BCUT2D eigenvalue weighted by atomic mass is 32.1. The first-order chi connectivity index (χ1) is 13.3. The van der Waals surface area contributed by atoms with E-state index in [0.29, 0.717) is 6.54 Å². The molecule has 0 radical (unpaired) electrons. The summed E-state index contributed by atoms with van der Waals surface area (Å²) in [4.78, 5) is 10.8. The Morgan fingerprint density at radius 1 is 1.07 bits per heavy atom. The van der Waals surface area contributed by atoms with E-state index in [1.54, 1.807) is 47.2 Å². The zero-order valence-electron chi connectivity index (χ0n) is 14.3. The van der Waals surface area contributed by atoms with E-state index < -0.39 is 0 Å². The number of rotatable bonds is 5. The maximum absolute atomic E-state index is 9.43. The first-order valence-electron chi connectivity index (χ1n) is 8.27. The summed E-state index contributed by atoms with van der Waals surface area (Å²) in [5, 5.41) is 18.2. The van der Waals surface area contributed by atoms with Crippen LogP contribution >= 0.6 is 22.7 Å². The van der Waals surface area contributed by atoms with Crippen LogP contribution in [0, 0.1) is 0 Å². The highest BCUT2D eigenvalue weighted by Crippen LogP contribution is 2.25. The monoisotopic (exact) mass is 392 g/mol. The van der Waals surface area contributed by atoms with E-state index in [1.165, 1.54) is 0 Å². The average molecular weight is 393 g/mol. The van der Waals surface area contributed by atoms with Gasteiger partial charge in [0.2, 0.25) is 4.80 Å². The van der Waals surface area contributed by atoms with Gasteiger partial charge in [-0.25, -0.2) is 4.68 Å². The Bertz CT molecular complexity index is 1100. The number of aromatic nitrogens is 2. The fourth-order valence-corrected chi connectivity index (χ4v) is 4.08. The Morgan fingerprint density at radius 2 is 1.96 bits per heavy atom. The van der Waals surface area contributed by atoms with Crippen LogP contribution < -0.4 is 4.80 Å². The molecule has 1 N–H and O–H groups in total. The Labute approximate surface area is 164 Å². The average Bonchev–Trinajstić information content (AvgIpc) is 3.36. The van der Waals surface area contributed by atoms with Gasteiger partial charge in [-0.05, 0) is 52.9 Å². The molecular formula is C20H16N4OS2. The van der Waals surface area contributed by atoms with Crippen LogP contribution in [-0.2, 0) is 6.54 Å². The molecular weight excluding hydrogens is 376 g/mol. The molecule has 3 heterocycles. The third kappa shape index (κ3) is 4.21. The van der Waals surface area contributed by atoms with Gasteiger partial charge >= 0.3 is 0 Å². The first-order valence-corrected chi connectivity index (χ1v) is 10.0. The zero-order valence-corrected chi connectivity index (χ0v) is 15.9. The lowest BCUT2D eigenvalue weighted by Crippen LogP contribution is -2.12. The molecule has 4 aromatic rings. The summed E-state index contributed by atoms with van der Waals surface area (Å²) in [6, 6.07) is 15.0. The molecule has 0 saturated carbocycles. The smallest absolute Gasteiger partial charge is 0.206 e. The van der Waals surface area contributed by atoms with E-state index in [1.807, 2.05) is 46.6 Å². The number of hydrogen-bond acceptors (Lipinski definition) is 6. The number of nitrogens with zero attached hydrogens (tertiary/aromatic N) is 4. The van der Waals surface area contributed by atoms with E-state index in [9.17, 15) is 5.11 Å². The summed E-state index contributed by atoms with van der Waals surface area (Å²) >= 11 is 3.23. The highest BCUT2D eigenvalue weighted by Gasteiger charge is 2.08. The van der Waals surface area contributed by atoms with Crippen LogP contribution in [0.25, 0.3) is 10.6 Å². The maximum Gasteiger partial charge on any atom is 0.206 e. The maximum atomic E-state index is 9.43. The minimum absolute atomic E-state index is 0.238. The lowest BCUT2D eigenvalue weighted by Gasteiger charge is -2.01. The molecule has 0 saturated heterocycles. The predicted molar refractivity (Wildman–Crippen MR) is 110 cm³/mol. The molecule has 0 aliphatic rings. The van der Waals surface area contributed by atoms with Gasteiger partial charge in [0, 0.05) is 17.8 Å². The zero-order chi connectivity index (χ0) is 18.5. The fourth-order valence-electron chi connectivity index (χ4n) is 2.45. The molecule has 0 bridgehead atoms. The van der Waals surface area contributed by atoms with Crippen molar-refractivity contribution in [2.75, 3.05) is 0 Å². The molecule has 0 aliphatic heterocycles. The van der Waals surface area contributed by atoms with Crippen molar-refractivity contribution >= 4 is 28.9 Å². The number of thiazole rings is 1. The third-order valence-electron chi connectivity index (χ3n) is 3.79. The standard InChI is InChI=1S/C20H16N4OS2/c25-17-7-5-15(6-8-17)13-23-24-18(19-4-2-10-26-19)14-27-20(24)22-12-16-3-1-9-21-11-16/h1-11,13-14,25H,12H2/b22-20?,23-13+. The van der Waals surface area contributed by atoms with E-state index in [4.69, 9.17) is 4.99 Å². The van der Waals surface area contributed by atoms with Crippen molar-refractivity contribution in [2.24, 2.45) is 10.1 Å². The molecule has 0 aliphatic carbocycles. The van der Waals surface area contributed by atoms with Crippen LogP contribution in [0.5, 0.6) is 5.75 Å². The van der Waals surface area contributed by atoms with Crippen molar-refractivity contribution in [3.63, 3.8) is 0 Å². The predicted octanol–water partition coefficient (Wildman–Crippen LogP) is 4.36. The quantitative estimate of drug-likeness (QED) is 0.513. The van der Waals surface area contributed by atoms with Gasteiger partial charge in [0.05, 0.1) is 23.3 Å². The first kappa shape index (κ1) is 17.4. The molecule has 0 spiro atoms. The number of benzene rings is 1. The van der Waals surface area contributed by atoms with E-state index in [-0.39, 0.29) is 5.75 Å². The minimum Gasteiger partial charge on any atom is -0.508 e. The largest absolute Gasteiger partial charge is 0.508 e. The molecule has 7 heteroatoms. The number of hydrogen-bond donors (Lipinski definition) is 1. The normalized spacial score (nSPS) is 12.1. The summed E-state index contributed by atoms with van der Waals surface area (Å²) in [6.07, 6.45) is 5.35. The Hall–Kier alpha value is -3.03. The van der Waals surface area contributed by atoms with Crippen molar-refractivity contribution < 1.29 is 5.11 Å². The van der Waals surface area contributed by atoms with Gasteiger partial charge in [-0.3, -0.25) is 9.98 Å². The van der Waals surface area contributed by atoms with Crippen LogP contribution in [-0.4, -0.2) is 21.0 Å². The van der Waals surface area contributed by atoms with Crippen molar-refractivity contribution in [3.05, 3.63) is 87.6 Å². The number of aromatic hydroxyl groups is 1. The van der Waals surface area contributed by atoms with Gasteiger partial charge in [0.25, 0.3) is 0 Å². The molecule has 4 rings (SSSR count). The Kier molecular flexibility index (Phi) is 5.22. The van der Waals surface area contributed by atoms with Crippen molar-refractivity contribution in [2.45, 2.75) is 6.54 Å². The Morgan fingerprint density at radius 3 is 2.70 bits per heavy atom. The molecule has 134 valence electrons. The van der Waals surface area contributed by atoms with E-state index in [0.717, 1.165) is 26.5 Å². The summed E-state index contributed by atoms with van der Waals surface area (Å²) < 4.78 is 1.86. The molecule has 3 aromatic heterocycles. The van der Waals surface area contributed by atoms with Gasteiger partial charge in [0.15, 0.2) is 0 Å². The molecule has 0 atom stereocenters. The highest BCUT2D eigenvalue weighted by molar-refractivity contribution is 7.14. The van der Waals surface area contributed by atoms with E-state index >= 15 is 0 Å². The topological polar surface area (TPSA) is 62.8 Å². The number of phenolic OH excluding ortho intramolecular Hbond substituents is 1. The second-order valence-electron chi connectivity index (χ2n) is 5.71. The summed E-state index contributed by atoms with van der Waals surface area (Å²) in [5.41, 5.74) is 2.97. The SMILES string of the molecule is Oc1ccc(/C=N/n2c(-c3cccs3)csc2=NCc2cccnc2)cc1. The van der Waals surface area contributed by atoms with Crippen LogP contribution in [0.2, 0.25) is 0 Å². The molecule has 0 fully saturated rings. The third-order valence-corrected chi connectivity index (χ3v) is 5.54. The molecule has 27 heavy (non-hydrogen) atoms. The Balaban J connectivity index is 1.72. The molecule has 0 amide bonds. The second-order valence-corrected chi connectivity index (χ2v) is 7.49. The molecule has 1 aromatic carbocycles. The molecule has 5 nitrogen and oxygen atoms in total. The van der Waals surface area contributed by atoms with Crippen molar-refractivity contribution in [1.29, 1.82) is 0 Å². The van der Waals surface area contributed by atoms with Crippen molar-refractivity contribution in [3.8, 4) is 16.3 Å². The van der Waals surface area contributed by atoms with Gasteiger partial charge in [-0.1, -0.05) is 12.1 Å². The van der Waals surface area contributed by atoms with Gasteiger partial charge in [-0.2, -0.15) is 5.10 Å². The van der Waals surface area contributed by atoms with Gasteiger partial charge in [-0.15, -0.1) is 22.7 Å². The van der Waals surface area contributed by atoms with Gasteiger partial charge < -0.3 is 5.11 Å². The van der Waals surface area contributed by atoms with Gasteiger partial charge in [0.1, 0.15) is 5.75 Å². The van der Waals surface area contributed by atoms with E-state index in [2.05, 4.69) is 21.5 Å². The van der Waals surface area contributed by atoms with Crippen molar-refractivity contribution in [1.82, 2.24) is 9.66 Å². The summed E-state index contributed by atoms with van der Waals surface area (Å²) in [6.45, 7) is 0.549. The fraction of sp³-hybridized carbons (Fsp3) is 0.0500. The number of pyridine rings is 1.